The minimum absolute atomic E-state index is 0.511. The largest absolute Gasteiger partial charge is 0.472 e. The molecule has 78 valence electrons. The fourth-order valence-electron chi connectivity index (χ4n) is 1.15. The van der Waals surface area contributed by atoms with E-state index in [4.69, 9.17) is 10.2 Å². The molecule has 0 spiro atoms. The van der Waals surface area contributed by atoms with Crippen LogP contribution < -0.4 is 5.73 Å². The summed E-state index contributed by atoms with van der Waals surface area (Å²) in [5.74, 6) is 1.30. The molecule has 0 radical (unpaired) electrons. The molecule has 0 aliphatic heterocycles. The second-order valence-corrected chi connectivity index (χ2v) is 4.08. The van der Waals surface area contributed by atoms with Gasteiger partial charge in [0.2, 0.25) is 0 Å². The molecule has 0 saturated carbocycles. The molecular weight excluding hydrogens is 210 g/mol. The molecule has 2 aromatic rings. The highest BCUT2D eigenvalue weighted by Gasteiger charge is 2.02. The van der Waals surface area contributed by atoms with Crippen LogP contribution in [0, 0.1) is 6.92 Å². The zero-order chi connectivity index (χ0) is 10.7. The number of hydrogen-bond donors (Lipinski definition) is 1. The van der Waals surface area contributed by atoms with Crippen molar-refractivity contribution in [1.29, 1.82) is 0 Å². The van der Waals surface area contributed by atoms with Gasteiger partial charge in [-0.3, -0.25) is 0 Å². The number of nitrogens with zero attached hydrogens (tertiary/aromatic N) is 2. The molecule has 0 unspecified atom stereocenters. The first-order valence-corrected chi connectivity index (χ1v) is 5.47. The van der Waals surface area contributed by atoms with Crippen molar-refractivity contribution in [3.05, 3.63) is 35.9 Å². The molecule has 2 rings (SSSR count). The Morgan fingerprint density at radius 2 is 2.33 bits per heavy atom. The number of thioether (sulfide) groups is 1. The summed E-state index contributed by atoms with van der Waals surface area (Å²) in [6.07, 6.45) is 3.37. The summed E-state index contributed by atoms with van der Waals surface area (Å²) in [5.41, 5.74) is 7.63. The van der Waals surface area contributed by atoms with E-state index in [-0.39, 0.29) is 0 Å². The summed E-state index contributed by atoms with van der Waals surface area (Å²) >= 11 is 1.54. The lowest BCUT2D eigenvalue weighted by Crippen LogP contribution is -1.96. The second-order valence-electron chi connectivity index (χ2n) is 3.14. The maximum atomic E-state index is 5.63. The van der Waals surface area contributed by atoms with Gasteiger partial charge in [0.15, 0.2) is 5.16 Å². The molecule has 0 bridgehead atoms. The molecule has 0 fully saturated rings. The Morgan fingerprint density at radius 3 is 3.00 bits per heavy atom. The van der Waals surface area contributed by atoms with Gasteiger partial charge in [0.05, 0.1) is 12.5 Å². The lowest BCUT2D eigenvalue weighted by Gasteiger charge is -2.01. The SMILES string of the molecule is Cc1cc(N)nc(SCc2ccoc2)n1. The van der Waals surface area contributed by atoms with Crippen molar-refractivity contribution in [3.63, 3.8) is 0 Å². The maximum Gasteiger partial charge on any atom is 0.190 e. The average molecular weight is 221 g/mol. The van der Waals surface area contributed by atoms with E-state index in [1.54, 1.807) is 30.4 Å². The van der Waals surface area contributed by atoms with Crippen molar-refractivity contribution in [1.82, 2.24) is 9.97 Å². The van der Waals surface area contributed by atoms with Crippen LogP contribution >= 0.6 is 11.8 Å². The highest BCUT2D eigenvalue weighted by Crippen LogP contribution is 2.20. The van der Waals surface area contributed by atoms with E-state index in [0.717, 1.165) is 17.0 Å². The molecule has 2 aromatic heterocycles. The van der Waals surface area contributed by atoms with Crippen LogP contribution in [0.15, 0.2) is 34.2 Å². The molecule has 0 amide bonds. The van der Waals surface area contributed by atoms with Gasteiger partial charge in [0.1, 0.15) is 5.82 Å². The van der Waals surface area contributed by atoms with Gasteiger partial charge in [0.25, 0.3) is 0 Å². The highest BCUT2D eigenvalue weighted by molar-refractivity contribution is 7.98. The summed E-state index contributed by atoms with van der Waals surface area (Å²) in [7, 11) is 0. The zero-order valence-corrected chi connectivity index (χ0v) is 9.12. The van der Waals surface area contributed by atoms with Crippen LogP contribution in [0.1, 0.15) is 11.3 Å². The summed E-state index contributed by atoms with van der Waals surface area (Å²) in [6.45, 7) is 1.90. The number of rotatable bonds is 3. The zero-order valence-electron chi connectivity index (χ0n) is 8.30. The number of hydrogen-bond acceptors (Lipinski definition) is 5. The highest BCUT2D eigenvalue weighted by atomic mass is 32.2. The monoisotopic (exact) mass is 221 g/mol. The Balaban J connectivity index is 2.05. The topological polar surface area (TPSA) is 64.9 Å². The molecule has 0 aromatic carbocycles. The summed E-state index contributed by atoms with van der Waals surface area (Å²) in [6, 6.07) is 3.67. The van der Waals surface area contributed by atoms with Crippen LogP contribution in [0.4, 0.5) is 5.82 Å². The van der Waals surface area contributed by atoms with Crippen LogP contribution in [0.5, 0.6) is 0 Å². The Kier molecular flexibility index (Phi) is 2.91. The number of nitrogens with two attached hydrogens (primary N) is 1. The van der Waals surface area contributed by atoms with Gasteiger partial charge in [-0.15, -0.1) is 0 Å². The van der Waals surface area contributed by atoms with Crippen LogP contribution in [0.3, 0.4) is 0 Å². The number of nitrogen functional groups attached to an aromatic ring is 1. The summed E-state index contributed by atoms with van der Waals surface area (Å²) in [5, 5.41) is 0.703. The molecule has 0 atom stereocenters. The molecule has 0 aliphatic rings. The lowest BCUT2D eigenvalue weighted by molar-refractivity contribution is 0.565. The van der Waals surface area contributed by atoms with Crippen LogP contribution in [-0.2, 0) is 5.75 Å². The van der Waals surface area contributed by atoms with Crippen molar-refractivity contribution in [3.8, 4) is 0 Å². The minimum Gasteiger partial charge on any atom is -0.472 e. The predicted molar refractivity (Wildman–Crippen MR) is 59.5 cm³/mol. The van der Waals surface area contributed by atoms with Crippen LogP contribution in [0.25, 0.3) is 0 Å². The molecule has 0 saturated heterocycles. The average Bonchev–Trinajstić information content (AvgIpc) is 2.65. The third-order valence-electron chi connectivity index (χ3n) is 1.80. The first-order chi connectivity index (χ1) is 7.24. The van der Waals surface area contributed by atoms with Gasteiger partial charge < -0.3 is 10.2 Å². The molecule has 0 aliphatic carbocycles. The quantitative estimate of drug-likeness (QED) is 0.636. The van der Waals surface area contributed by atoms with Crippen molar-refractivity contribution in [2.45, 2.75) is 17.8 Å². The van der Waals surface area contributed by atoms with Crippen molar-refractivity contribution in [2.24, 2.45) is 0 Å². The van der Waals surface area contributed by atoms with Crippen LogP contribution in [0.2, 0.25) is 0 Å². The number of aryl methyl sites for hydroxylation is 1. The maximum absolute atomic E-state index is 5.63. The van der Waals surface area contributed by atoms with E-state index < -0.39 is 0 Å². The smallest absolute Gasteiger partial charge is 0.190 e. The Bertz CT molecular complexity index is 422. The van der Waals surface area contributed by atoms with Crippen molar-refractivity contribution in [2.75, 3.05) is 5.73 Å². The first kappa shape index (κ1) is 10.0. The van der Waals surface area contributed by atoms with E-state index in [2.05, 4.69) is 9.97 Å². The molecular formula is C10H11N3OS. The third kappa shape index (κ3) is 2.73. The standard InChI is InChI=1S/C10H11N3OS/c1-7-4-9(11)13-10(12-7)15-6-8-2-3-14-5-8/h2-5H,6H2,1H3,(H2,11,12,13). The summed E-state index contributed by atoms with van der Waals surface area (Å²) < 4.78 is 4.97. The molecule has 15 heavy (non-hydrogen) atoms. The number of furan rings is 1. The van der Waals surface area contributed by atoms with E-state index >= 15 is 0 Å². The number of aromatic nitrogens is 2. The Hall–Kier alpha value is -1.49. The normalized spacial score (nSPS) is 10.5. The van der Waals surface area contributed by atoms with Gasteiger partial charge in [-0.05, 0) is 13.0 Å². The van der Waals surface area contributed by atoms with Gasteiger partial charge in [0, 0.05) is 23.1 Å². The van der Waals surface area contributed by atoms with Crippen LogP contribution in [-0.4, -0.2) is 9.97 Å². The van der Waals surface area contributed by atoms with Gasteiger partial charge in [-0.25, -0.2) is 9.97 Å². The molecule has 4 nitrogen and oxygen atoms in total. The van der Waals surface area contributed by atoms with E-state index in [9.17, 15) is 0 Å². The Morgan fingerprint density at radius 1 is 1.47 bits per heavy atom. The van der Waals surface area contributed by atoms with Gasteiger partial charge in [-0.2, -0.15) is 0 Å². The van der Waals surface area contributed by atoms with E-state index in [1.807, 2.05) is 13.0 Å². The van der Waals surface area contributed by atoms with Crippen molar-refractivity contribution < 1.29 is 4.42 Å². The number of anilines is 1. The first-order valence-electron chi connectivity index (χ1n) is 4.49. The molecule has 2 heterocycles. The van der Waals surface area contributed by atoms with E-state index in [1.165, 1.54) is 0 Å². The Labute approximate surface area is 91.9 Å². The fraction of sp³-hybridized carbons (Fsp3) is 0.200. The minimum atomic E-state index is 0.511. The van der Waals surface area contributed by atoms with Crippen molar-refractivity contribution >= 4 is 17.6 Å². The third-order valence-corrected chi connectivity index (χ3v) is 2.72. The summed E-state index contributed by atoms with van der Waals surface area (Å²) in [4.78, 5) is 8.41. The predicted octanol–water partition coefficient (Wildman–Crippen LogP) is 2.25. The molecule has 5 heteroatoms. The lowest BCUT2D eigenvalue weighted by atomic mass is 10.4. The molecule has 2 N–H and O–H groups in total. The van der Waals surface area contributed by atoms with E-state index in [0.29, 0.717) is 11.0 Å². The van der Waals surface area contributed by atoms with Gasteiger partial charge >= 0.3 is 0 Å². The fourth-order valence-corrected chi connectivity index (χ4v) is 1.99. The second kappa shape index (κ2) is 4.35. The van der Waals surface area contributed by atoms with Gasteiger partial charge in [-0.1, -0.05) is 11.8 Å².